The molecule has 0 saturated carbocycles. The number of nitrogens with zero attached hydrogens (tertiary/aromatic N) is 3. The number of carbonyl (C=O) groups is 1. The van der Waals surface area contributed by atoms with Crippen LogP contribution in [0.2, 0.25) is 0 Å². The number of nitrogens with one attached hydrogen (secondary N) is 1. The zero-order valence-corrected chi connectivity index (χ0v) is 12.7. The zero-order valence-electron chi connectivity index (χ0n) is 12.7. The number of nitriles is 1. The summed E-state index contributed by atoms with van der Waals surface area (Å²) in [5, 5.41) is 23.0. The van der Waals surface area contributed by atoms with Crippen LogP contribution in [-0.4, -0.2) is 23.4 Å². The maximum Gasteiger partial charge on any atom is 0.293 e. The van der Waals surface area contributed by atoms with E-state index < -0.39 is 11.0 Å². The first-order valence-electron chi connectivity index (χ1n) is 7.41. The average Bonchev–Trinajstić information content (AvgIpc) is 2.96. The van der Waals surface area contributed by atoms with Crippen LogP contribution in [-0.2, 0) is 4.79 Å². The molecule has 0 aliphatic carbocycles. The van der Waals surface area contributed by atoms with Crippen LogP contribution in [0.3, 0.4) is 0 Å². The molecule has 7 nitrogen and oxygen atoms in total. The van der Waals surface area contributed by atoms with Crippen LogP contribution in [0.1, 0.15) is 12.0 Å². The van der Waals surface area contributed by atoms with E-state index in [9.17, 15) is 14.9 Å². The summed E-state index contributed by atoms with van der Waals surface area (Å²) in [6, 6.07) is 14.8. The number of anilines is 2. The number of rotatable bonds is 4. The highest BCUT2D eigenvalue weighted by atomic mass is 16.6. The van der Waals surface area contributed by atoms with Crippen LogP contribution in [0.15, 0.2) is 48.5 Å². The maximum atomic E-state index is 12.6. The lowest BCUT2D eigenvalue weighted by molar-refractivity contribution is -0.384. The molecule has 2 aromatic carbocycles. The van der Waals surface area contributed by atoms with Gasteiger partial charge in [0.05, 0.1) is 16.6 Å². The van der Waals surface area contributed by atoms with Gasteiger partial charge in [-0.25, -0.2) is 0 Å². The first-order chi connectivity index (χ1) is 11.6. The Balaban J connectivity index is 1.82. The van der Waals surface area contributed by atoms with Crippen LogP contribution < -0.4 is 10.2 Å². The third-order valence-corrected chi connectivity index (χ3v) is 3.93. The Hall–Kier alpha value is -3.40. The van der Waals surface area contributed by atoms with E-state index in [0.29, 0.717) is 13.0 Å². The molecule has 1 fully saturated rings. The lowest BCUT2D eigenvalue weighted by Gasteiger charge is -2.17. The van der Waals surface area contributed by atoms with Crippen molar-refractivity contribution in [2.75, 3.05) is 16.8 Å². The van der Waals surface area contributed by atoms with Crippen molar-refractivity contribution >= 4 is 23.0 Å². The van der Waals surface area contributed by atoms with Crippen molar-refractivity contribution in [2.45, 2.75) is 12.5 Å². The SMILES string of the molecule is N#Cc1ccc(NC2CCN(c3ccccc3)C2=O)c([N+](=O)[O-])c1. The Labute approximate surface area is 138 Å². The molecular weight excluding hydrogens is 308 g/mol. The molecule has 1 N–H and O–H groups in total. The van der Waals surface area contributed by atoms with E-state index in [1.807, 2.05) is 36.4 Å². The molecule has 2 aromatic rings. The standard InChI is InChI=1S/C17H14N4O3/c18-11-12-6-7-14(16(10-12)21(23)24)19-15-8-9-20(17(15)22)13-4-2-1-3-5-13/h1-7,10,15,19H,8-9H2. The number of nitro benzene ring substituents is 1. The minimum absolute atomic E-state index is 0.125. The van der Waals surface area contributed by atoms with Crippen molar-refractivity contribution in [1.29, 1.82) is 5.26 Å². The van der Waals surface area contributed by atoms with Gasteiger partial charge in [-0.05, 0) is 30.7 Å². The van der Waals surface area contributed by atoms with Crippen LogP contribution in [0.4, 0.5) is 17.1 Å². The normalized spacial score (nSPS) is 16.7. The topological polar surface area (TPSA) is 99.3 Å². The quantitative estimate of drug-likeness (QED) is 0.689. The predicted octanol–water partition coefficient (Wildman–Crippen LogP) is 2.68. The van der Waals surface area contributed by atoms with Crippen LogP contribution >= 0.6 is 0 Å². The second-order valence-electron chi connectivity index (χ2n) is 5.41. The minimum atomic E-state index is -0.558. The highest BCUT2D eigenvalue weighted by molar-refractivity contribution is 6.01. The van der Waals surface area contributed by atoms with E-state index in [-0.39, 0.29) is 22.8 Å². The largest absolute Gasteiger partial charge is 0.368 e. The fourth-order valence-electron chi connectivity index (χ4n) is 2.74. The maximum absolute atomic E-state index is 12.6. The summed E-state index contributed by atoms with van der Waals surface area (Å²) in [6.07, 6.45) is 0.547. The van der Waals surface area contributed by atoms with E-state index in [0.717, 1.165) is 5.69 Å². The van der Waals surface area contributed by atoms with Crippen LogP contribution in [0, 0.1) is 21.4 Å². The monoisotopic (exact) mass is 322 g/mol. The van der Waals surface area contributed by atoms with Crippen molar-refractivity contribution in [3.05, 3.63) is 64.2 Å². The number of amides is 1. The van der Waals surface area contributed by atoms with Gasteiger partial charge in [-0.1, -0.05) is 18.2 Å². The number of nitro groups is 1. The van der Waals surface area contributed by atoms with E-state index >= 15 is 0 Å². The van der Waals surface area contributed by atoms with Crippen LogP contribution in [0.25, 0.3) is 0 Å². The molecule has 0 radical (unpaired) electrons. The van der Waals surface area contributed by atoms with Gasteiger partial charge in [-0.15, -0.1) is 0 Å². The molecule has 1 aliphatic heterocycles. The van der Waals surface area contributed by atoms with E-state index in [1.54, 1.807) is 4.90 Å². The van der Waals surface area contributed by atoms with Crippen molar-refractivity contribution in [2.24, 2.45) is 0 Å². The van der Waals surface area contributed by atoms with Gasteiger partial charge < -0.3 is 10.2 Å². The van der Waals surface area contributed by atoms with Gasteiger partial charge in [-0.2, -0.15) is 5.26 Å². The first kappa shape index (κ1) is 15.5. The van der Waals surface area contributed by atoms with Gasteiger partial charge in [0.1, 0.15) is 11.7 Å². The summed E-state index contributed by atoms with van der Waals surface area (Å²) in [5.41, 5.74) is 1.05. The molecule has 1 saturated heterocycles. The fraction of sp³-hybridized carbons (Fsp3) is 0.176. The molecule has 1 atom stereocenters. The summed E-state index contributed by atoms with van der Waals surface area (Å²) >= 11 is 0. The van der Waals surface area contributed by atoms with Gasteiger partial charge in [0, 0.05) is 18.3 Å². The lowest BCUT2D eigenvalue weighted by Crippen LogP contribution is -2.33. The third kappa shape index (κ3) is 2.90. The first-order valence-corrected chi connectivity index (χ1v) is 7.41. The average molecular weight is 322 g/mol. The summed E-state index contributed by atoms with van der Waals surface area (Å²) in [5.74, 6) is -0.125. The molecule has 1 heterocycles. The molecule has 0 bridgehead atoms. The Morgan fingerprint density at radius 3 is 2.67 bits per heavy atom. The molecule has 24 heavy (non-hydrogen) atoms. The molecule has 1 unspecified atom stereocenters. The number of para-hydroxylation sites is 1. The summed E-state index contributed by atoms with van der Waals surface area (Å²) in [7, 11) is 0. The van der Waals surface area contributed by atoms with Crippen LogP contribution in [0.5, 0.6) is 0 Å². The summed E-state index contributed by atoms with van der Waals surface area (Å²) in [4.78, 5) is 24.8. The Bertz CT molecular complexity index is 829. The van der Waals surface area contributed by atoms with Crippen molar-refractivity contribution in [1.82, 2.24) is 0 Å². The van der Waals surface area contributed by atoms with Gasteiger partial charge >= 0.3 is 0 Å². The van der Waals surface area contributed by atoms with Crippen molar-refractivity contribution in [3.63, 3.8) is 0 Å². The molecule has 0 aromatic heterocycles. The van der Waals surface area contributed by atoms with E-state index in [1.165, 1.54) is 18.2 Å². The Morgan fingerprint density at radius 1 is 1.25 bits per heavy atom. The summed E-state index contributed by atoms with van der Waals surface area (Å²) < 4.78 is 0. The van der Waals surface area contributed by atoms with Gasteiger partial charge in [0.25, 0.3) is 5.69 Å². The van der Waals surface area contributed by atoms with Gasteiger partial charge in [0.2, 0.25) is 5.91 Å². The molecule has 3 rings (SSSR count). The molecule has 120 valence electrons. The highest BCUT2D eigenvalue weighted by Crippen LogP contribution is 2.29. The van der Waals surface area contributed by atoms with Crippen molar-refractivity contribution in [3.8, 4) is 6.07 Å². The molecule has 1 amide bonds. The zero-order chi connectivity index (χ0) is 17.1. The lowest BCUT2D eigenvalue weighted by atomic mass is 10.1. The second kappa shape index (κ2) is 6.38. The second-order valence-corrected chi connectivity index (χ2v) is 5.41. The fourth-order valence-corrected chi connectivity index (χ4v) is 2.74. The molecular formula is C17H14N4O3. The third-order valence-electron chi connectivity index (χ3n) is 3.93. The molecule has 7 heteroatoms. The predicted molar refractivity (Wildman–Crippen MR) is 88.6 cm³/mol. The van der Waals surface area contributed by atoms with E-state index in [2.05, 4.69) is 5.32 Å². The Kier molecular flexibility index (Phi) is 4.12. The summed E-state index contributed by atoms with van der Waals surface area (Å²) in [6.45, 7) is 0.546. The molecule has 0 spiro atoms. The van der Waals surface area contributed by atoms with E-state index in [4.69, 9.17) is 5.26 Å². The highest BCUT2D eigenvalue weighted by Gasteiger charge is 2.33. The number of hydrogen-bond donors (Lipinski definition) is 1. The van der Waals surface area contributed by atoms with Gasteiger partial charge in [0.15, 0.2) is 0 Å². The smallest absolute Gasteiger partial charge is 0.293 e. The van der Waals surface area contributed by atoms with Gasteiger partial charge in [-0.3, -0.25) is 14.9 Å². The minimum Gasteiger partial charge on any atom is -0.368 e. The number of hydrogen-bond acceptors (Lipinski definition) is 5. The number of carbonyl (C=O) groups excluding carboxylic acids is 1. The number of benzene rings is 2. The van der Waals surface area contributed by atoms with Crippen molar-refractivity contribution < 1.29 is 9.72 Å². The Morgan fingerprint density at radius 2 is 2.00 bits per heavy atom. The molecule has 1 aliphatic rings.